The fourth-order valence-electron chi connectivity index (χ4n) is 10.4. The summed E-state index contributed by atoms with van der Waals surface area (Å²) in [5.41, 5.74) is 15.0. The maximum atomic E-state index is 3.93. The molecule has 2 unspecified atom stereocenters. The molecule has 0 saturated heterocycles. The first-order valence-electron chi connectivity index (χ1n) is 20.7. The van der Waals surface area contributed by atoms with Crippen LogP contribution in [0.15, 0.2) is 188 Å². The van der Waals surface area contributed by atoms with Crippen LogP contribution < -0.4 is 20.6 Å². The third-order valence-electron chi connectivity index (χ3n) is 13.3. The number of hydrogen-bond donors (Lipinski definition) is 1. The fourth-order valence-corrected chi connectivity index (χ4v) is 10.4. The van der Waals surface area contributed by atoms with Gasteiger partial charge in [-0.25, -0.2) is 0 Å². The van der Waals surface area contributed by atoms with Crippen molar-refractivity contribution >= 4 is 44.0 Å². The van der Waals surface area contributed by atoms with Crippen molar-refractivity contribution in [2.75, 3.05) is 7.05 Å². The molecule has 1 aliphatic carbocycles. The molecule has 3 heterocycles. The van der Waals surface area contributed by atoms with Crippen molar-refractivity contribution in [3.05, 3.63) is 232 Å². The van der Waals surface area contributed by atoms with E-state index < -0.39 is 0 Å². The molecule has 0 fully saturated rings. The quantitative estimate of drug-likeness (QED) is 0.177. The van der Waals surface area contributed by atoms with Gasteiger partial charge in [0.15, 0.2) is 0 Å². The highest BCUT2D eigenvalue weighted by Crippen LogP contribution is 2.42. The summed E-state index contributed by atoms with van der Waals surface area (Å²) in [6, 6.07) is 67.1. The lowest BCUT2D eigenvalue weighted by Gasteiger charge is -2.40. The molecule has 0 spiro atoms. The summed E-state index contributed by atoms with van der Waals surface area (Å²) in [6.45, 7) is 4.74. The number of hydrogen-bond acceptors (Lipinski definition) is 2. The van der Waals surface area contributed by atoms with Gasteiger partial charge < -0.3 is 4.90 Å². The molecular formula is C55H43N4+. The van der Waals surface area contributed by atoms with Crippen LogP contribution in [-0.2, 0) is 5.41 Å². The molecule has 9 aromatic rings. The Hall–Kier alpha value is -7.01. The van der Waals surface area contributed by atoms with Gasteiger partial charge in [0.05, 0.1) is 11.6 Å². The molecule has 4 nitrogen and oxygen atoms in total. The van der Waals surface area contributed by atoms with Crippen molar-refractivity contribution in [2.45, 2.75) is 31.5 Å². The van der Waals surface area contributed by atoms with Crippen LogP contribution >= 0.6 is 0 Å². The van der Waals surface area contributed by atoms with Gasteiger partial charge >= 0.3 is 0 Å². The number of nitrogens with zero attached hydrogens (tertiary/aromatic N) is 3. The van der Waals surface area contributed by atoms with Gasteiger partial charge in [0.1, 0.15) is 22.4 Å². The smallest absolute Gasteiger partial charge is 0.258 e. The Balaban J connectivity index is 1.05. The van der Waals surface area contributed by atoms with Crippen LogP contribution in [0.1, 0.15) is 59.4 Å². The molecular weight excluding hydrogens is 717 g/mol. The first-order chi connectivity index (χ1) is 29.0. The molecule has 282 valence electrons. The maximum absolute atomic E-state index is 3.93. The van der Waals surface area contributed by atoms with Crippen molar-refractivity contribution in [1.82, 2.24) is 19.6 Å². The second-order valence-corrected chi connectivity index (χ2v) is 16.9. The molecule has 1 aromatic heterocycles. The van der Waals surface area contributed by atoms with Crippen LogP contribution in [0.4, 0.5) is 0 Å². The summed E-state index contributed by atoms with van der Waals surface area (Å²) in [6.07, 6.45) is 2.40. The van der Waals surface area contributed by atoms with Crippen molar-refractivity contribution in [1.29, 1.82) is 0 Å². The highest BCUT2D eigenvalue weighted by molar-refractivity contribution is 6.21. The monoisotopic (exact) mass is 759 g/mol. The Morgan fingerprint density at radius 3 is 2.08 bits per heavy atom. The van der Waals surface area contributed by atoms with E-state index in [1.807, 2.05) is 0 Å². The molecule has 59 heavy (non-hydrogen) atoms. The van der Waals surface area contributed by atoms with Crippen LogP contribution in [0.5, 0.6) is 0 Å². The van der Waals surface area contributed by atoms with E-state index in [9.17, 15) is 0 Å². The molecule has 4 heteroatoms. The average Bonchev–Trinajstić information content (AvgIpc) is 3.60. The van der Waals surface area contributed by atoms with Gasteiger partial charge in [-0.15, -0.1) is 4.68 Å². The summed E-state index contributed by atoms with van der Waals surface area (Å²) in [4.78, 5) is 2.38. The SMILES string of the molecule is CN1C(c2cccc(-c3ccc4c(c3)c3c5ccccc5ccc3n4[N+]3=c4cccc5c4=C3c3ccccc3C5(C)C)c2)=CC(c2ccccc2)NC1c1ccccc1. The molecule has 2 atom stereocenters. The van der Waals surface area contributed by atoms with E-state index in [0.29, 0.717) is 0 Å². The van der Waals surface area contributed by atoms with E-state index in [-0.39, 0.29) is 17.6 Å². The van der Waals surface area contributed by atoms with E-state index in [1.165, 1.54) is 99.1 Å². The van der Waals surface area contributed by atoms with Gasteiger partial charge in [0, 0.05) is 35.0 Å². The van der Waals surface area contributed by atoms with Gasteiger partial charge in [0.25, 0.3) is 11.1 Å². The maximum Gasteiger partial charge on any atom is 0.258 e. The second kappa shape index (κ2) is 12.7. The zero-order valence-electron chi connectivity index (χ0n) is 33.4. The second-order valence-electron chi connectivity index (χ2n) is 16.9. The molecule has 3 aliphatic rings. The van der Waals surface area contributed by atoms with E-state index in [4.69, 9.17) is 0 Å². The van der Waals surface area contributed by atoms with Gasteiger partial charge in [0.2, 0.25) is 0 Å². The number of nitrogens with one attached hydrogen (secondary N) is 1. The molecule has 0 bridgehead atoms. The van der Waals surface area contributed by atoms with Gasteiger partial charge in [-0.1, -0.05) is 164 Å². The molecule has 8 aromatic carbocycles. The lowest BCUT2D eigenvalue weighted by molar-refractivity contribution is 0.263. The molecule has 0 radical (unpaired) electrons. The fraction of sp³-hybridized carbons (Fsp3) is 0.109. The lowest BCUT2D eigenvalue weighted by Crippen LogP contribution is -2.59. The third-order valence-corrected chi connectivity index (χ3v) is 13.3. The molecule has 0 amide bonds. The Bertz CT molecular complexity index is 3350. The predicted octanol–water partition coefficient (Wildman–Crippen LogP) is 10.7. The highest BCUT2D eigenvalue weighted by Gasteiger charge is 2.44. The normalized spacial score (nSPS) is 17.8. The van der Waals surface area contributed by atoms with E-state index in [0.717, 1.165) is 0 Å². The van der Waals surface area contributed by atoms with Crippen molar-refractivity contribution < 1.29 is 0 Å². The zero-order chi connectivity index (χ0) is 39.4. The van der Waals surface area contributed by atoms with Crippen LogP contribution in [0.25, 0.3) is 55.1 Å². The summed E-state index contributed by atoms with van der Waals surface area (Å²) in [5, 5.41) is 11.6. The minimum atomic E-state index is -0.0815. The molecule has 12 rings (SSSR count). The van der Waals surface area contributed by atoms with Gasteiger partial charge in [-0.3, -0.25) is 5.32 Å². The Morgan fingerprint density at radius 1 is 0.559 bits per heavy atom. The molecule has 0 saturated carbocycles. The Kier molecular flexibility index (Phi) is 7.36. The summed E-state index contributed by atoms with van der Waals surface area (Å²) in [7, 11) is 2.21. The Morgan fingerprint density at radius 2 is 1.24 bits per heavy atom. The minimum Gasteiger partial charge on any atom is -0.355 e. The summed E-state index contributed by atoms with van der Waals surface area (Å²) >= 11 is 0. The Labute approximate surface area is 343 Å². The van der Waals surface area contributed by atoms with Crippen LogP contribution in [0.2, 0.25) is 0 Å². The summed E-state index contributed by atoms with van der Waals surface area (Å²) in [5.74, 6) is 0. The number of aromatic nitrogens is 1. The first kappa shape index (κ1) is 34.1. The van der Waals surface area contributed by atoms with E-state index in [2.05, 4.69) is 229 Å². The first-order valence-corrected chi connectivity index (χ1v) is 20.7. The van der Waals surface area contributed by atoms with Gasteiger partial charge in [-0.2, -0.15) is 0 Å². The third kappa shape index (κ3) is 4.97. The topological polar surface area (TPSA) is 23.2 Å². The highest BCUT2D eigenvalue weighted by atomic mass is 15.5. The minimum absolute atomic E-state index is 0.0172. The molecule has 1 N–H and O–H groups in total. The largest absolute Gasteiger partial charge is 0.355 e. The van der Waals surface area contributed by atoms with E-state index >= 15 is 0 Å². The average molecular weight is 760 g/mol. The number of benzene rings is 8. The van der Waals surface area contributed by atoms with Crippen LogP contribution in [0, 0.1) is 0 Å². The van der Waals surface area contributed by atoms with E-state index in [1.54, 1.807) is 0 Å². The predicted molar refractivity (Wildman–Crippen MR) is 243 cm³/mol. The van der Waals surface area contributed by atoms with Gasteiger partial charge in [-0.05, 0) is 86.1 Å². The zero-order valence-corrected chi connectivity index (χ0v) is 33.4. The number of rotatable bonds is 5. The van der Waals surface area contributed by atoms with Crippen LogP contribution in [-0.4, -0.2) is 16.6 Å². The lowest BCUT2D eigenvalue weighted by atomic mass is 9.70. The molecule has 2 aliphatic heterocycles. The van der Waals surface area contributed by atoms with Crippen molar-refractivity contribution in [3.8, 4) is 11.1 Å². The standard InChI is InChI=1S/C55H43N4/c1-55(2)44-25-13-12-24-42(44)53-52-45(55)26-15-27-48(52)59(53)58-47-30-29-39(33-43(47)51-41-23-11-10-16-35(41)28-31-49(51)58)38-21-14-22-40(32-38)50-34-46(36-17-6-4-7-18-36)56-54(57(50)3)37-19-8-5-9-20-37/h4-34,46,54,56H,1-3H3/q+1. The van der Waals surface area contributed by atoms with Crippen LogP contribution in [0.3, 0.4) is 0 Å². The van der Waals surface area contributed by atoms with Crippen molar-refractivity contribution in [2.24, 2.45) is 0 Å². The van der Waals surface area contributed by atoms with Crippen molar-refractivity contribution in [3.63, 3.8) is 0 Å². The summed E-state index contributed by atoms with van der Waals surface area (Å²) < 4.78 is 4.97. The number of fused-ring (bicyclic) bond motifs is 7.